The molecule has 0 unspecified atom stereocenters. The fraction of sp³-hybridized carbons (Fsp3) is 0.263. The van der Waals surface area contributed by atoms with Gasteiger partial charge in [0.05, 0.1) is 6.54 Å². The highest BCUT2D eigenvalue weighted by molar-refractivity contribution is 5.94. The van der Waals surface area contributed by atoms with Crippen LogP contribution in [0.5, 0.6) is 0 Å². The first-order chi connectivity index (χ1) is 12.5. The zero-order valence-corrected chi connectivity index (χ0v) is 14.1. The van der Waals surface area contributed by atoms with Crippen LogP contribution in [0.2, 0.25) is 0 Å². The molecule has 0 spiro atoms. The summed E-state index contributed by atoms with van der Waals surface area (Å²) in [5, 5.41) is 2.71. The Kier molecular flexibility index (Phi) is 5.58. The number of halogens is 2. The monoisotopic (exact) mass is 359 g/mol. The SMILES string of the molecule is O=C(CN1CCN(C(=O)c2cccc(F)c2)CC1)Nc1ccc(F)cc1. The van der Waals surface area contributed by atoms with Gasteiger partial charge in [-0.3, -0.25) is 14.5 Å². The number of carbonyl (C=O) groups excluding carboxylic acids is 2. The number of carbonyl (C=O) groups is 2. The van der Waals surface area contributed by atoms with E-state index in [4.69, 9.17) is 0 Å². The number of nitrogens with one attached hydrogen (secondary N) is 1. The lowest BCUT2D eigenvalue weighted by Gasteiger charge is -2.34. The average Bonchev–Trinajstić information content (AvgIpc) is 2.64. The summed E-state index contributed by atoms with van der Waals surface area (Å²) in [5.74, 6) is -1.20. The topological polar surface area (TPSA) is 52.7 Å². The average molecular weight is 359 g/mol. The second kappa shape index (κ2) is 8.05. The van der Waals surface area contributed by atoms with Gasteiger partial charge in [-0.15, -0.1) is 0 Å². The Balaban J connectivity index is 1.48. The highest BCUT2D eigenvalue weighted by Gasteiger charge is 2.23. The summed E-state index contributed by atoms with van der Waals surface area (Å²) in [4.78, 5) is 28.0. The van der Waals surface area contributed by atoms with Gasteiger partial charge in [-0.25, -0.2) is 8.78 Å². The van der Waals surface area contributed by atoms with E-state index in [1.165, 1.54) is 42.5 Å². The maximum atomic E-state index is 13.3. The number of rotatable bonds is 4. The molecule has 0 aromatic heterocycles. The number of hydrogen-bond donors (Lipinski definition) is 1. The molecule has 0 saturated carbocycles. The molecule has 1 heterocycles. The van der Waals surface area contributed by atoms with Gasteiger partial charge >= 0.3 is 0 Å². The summed E-state index contributed by atoms with van der Waals surface area (Å²) in [6, 6.07) is 11.2. The van der Waals surface area contributed by atoms with Crippen molar-refractivity contribution in [1.29, 1.82) is 0 Å². The molecule has 2 amide bonds. The molecule has 1 aliphatic heterocycles. The Hall–Kier alpha value is -2.80. The number of piperazine rings is 1. The smallest absolute Gasteiger partial charge is 0.254 e. The van der Waals surface area contributed by atoms with E-state index in [1.807, 2.05) is 4.90 Å². The first-order valence-electron chi connectivity index (χ1n) is 8.34. The van der Waals surface area contributed by atoms with Crippen LogP contribution in [0.15, 0.2) is 48.5 Å². The molecule has 5 nitrogen and oxygen atoms in total. The normalized spacial score (nSPS) is 14.9. The second-order valence-electron chi connectivity index (χ2n) is 6.13. The van der Waals surface area contributed by atoms with E-state index in [9.17, 15) is 18.4 Å². The molecule has 0 aliphatic carbocycles. The van der Waals surface area contributed by atoms with Crippen molar-refractivity contribution in [2.75, 3.05) is 38.0 Å². The predicted molar refractivity (Wildman–Crippen MR) is 93.8 cm³/mol. The van der Waals surface area contributed by atoms with E-state index >= 15 is 0 Å². The molecular formula is C19H19F2N3O2. The Morgan fingerprint density at radius 3 is 2.27 bits per heavy atom. The Morgan fingerprint density at radius 2 is 1.62 bits per heavy atom. The molecule has 1 saturated heterocycles. The Bertz CT molecular complexity index is 788. The largest absolute Gasteiger partial charge is 0.336 e. The van der Waals surface area contributed by atoms with Gasteiger partial charge in [0.15, 0.2) is 0 Å². The van der Waals surface area contributed by atoms with Crippen molar-refractivity contribution >= 4 is 17.5 Å². The Morgan fingerprint density at radius 1 is 0.923 bits per heavy atom. The molecule has 3 rings (SSSR count). The lowest BCUT2D eigenvalue weighted by Crippen LogP contribution is -2.50. The third kappa shape index (κ3) is 4.64. The van der Waals surface area contributed by atoms with Gasteiger partial charge < -0.3 is 10.2 Å². The molecule has 7 heteroatoms. The van der Waals surface area contributed by atoms with Gasteiger partial charge in [0.2, 0.25) is 5.91 Å². The number of anilines is 1. The molecule has 136 valence electrons. The van der Waals surface area contributed by atoms with Crippen LogP contribution in [0.4, 0.5) is 14.5 Å². The van der Waals surface area contributed by atoms with Crippen molar-refractivity contribution in [3.63, 3.8) is 0 Å². The van der Waals surface area contributed by atoms with E-state index in [0.29, 0.717) is 37.4 Å². The van der Waals surface area contributed by atoms with E-state index in [1.54, 1.807) is 11.0 Å². The molecule has 26 heavy (non-hydrogen) atoms. The van der Waals surface area contributed by atoms with Gasteiger partial charge in [0, 0.05) is 37.4 Å². The third-order valence-corrected chi connectivity index (χ3v) is 4.23. The molecule has 2 aromatic carbocycles. The molecule has 1 fully saturated rings. The van der Waals surface area contributed by atoms with Crippen molar-refractivity contribution < 1.29 is 18.4 Å². The van der Waals surface area contributed by atoms with E-state index in [2.05, 4.69) is 5.32 Å². The van der Waals surface area contributed by atoms with Crippen LogP contribution >= 0.6 is 0 Å². The van der Waals surface area contributed by atoms with Crippen molar-refractivity contribution in [3.05, 3.63) is 65.7 Å². The predicted octanol–water partition coefficient (Wildman–Crippen LogP) is 2.36. The molecule has 2 aromatic rings. The molecular weight excluding hydrogens is 340 g/mol. The molecule has 0 atom stereocenters. The summed E-state index contributed by atoms with van der Waals surface area (Å²) >= 11 is 0. The van der Waals surface area contributed by atoms with Crippen LogP contribution in [0, 0.1) is 11.6 Å². The quantitative estimate of drug-likeness (QED) is 0.912. The van der Waals surface area contributed by atoms with Crippen LogP contribution in [0.3, 0.4) is 0 Å². The highest BCUT2D eigenvalue weighted by atomic mass is 19.1. The zero-order chi connectivity index (χ0) is 18.5. The first kappa shape index (κ1) is 18.0. The van der Waals surface area contributed by atoms with Crippen LogP contribution in [-0.2, 0) is 4.79 Å². The molecule has 1 N–H and O–H groups in total. The van der Waals surface area contributed by atoms with Crippen molar-refractivity contribution in [1.82, 2.24) is 9.80 Å². The van der Waals surface area contributed by atoms with Crippen molar-refractivity contribution in [3.8, 4) is 0 Å². The Labute approximate surface area is 150 Å². The summed E-state index contributed by atoms with van der Waals surface area (Å²) in [6.45, 7) is 2.24. The molecule has 0 bridgehead atoms. The lowest BCUT2D eigenvalue weighted by molar-refractivity contribution is -0.117. The van der Waals surface area contributed by atoms with Gasteiger partial charge in [0.1, 0.15) is 11.6 Å². The van der Waals surface area contributed by atoms with E-state index < -0.39 is 5.82 Å². The van der Waals surface area contributed by atoms with Gasteiger partial charge in [-0.1, -0.05) is 6.07 Å². The minimum atomic E-state index is -0.438. The number of amides is 2. The minimum absolute atomic E-state index is 0.193. The first-order valence-corrected chi connectivity index (χ1v) is 8.34. The number of nitrogens with zero attached hydrogens (tertiary/aromatic N) is 2. The maximum absolute atomic E-state index is 13.3. The fourth-order valence-corrected chi connectivity index (χ4v) is 2.85. The molecule has 0 radical (unpaired) electrons. The zero-order valence-electron chi connectivity index (χ0n) is 14.1. The van der Waals surface area contributed by atoms with Crippen LogP contribution < -0.4 is 5.32 Å². The molecule has 1 aliphatic rings. The number of hydrogen-bond acceptors (Lipinski definition) is 3. The second-order valence-corrected chi connectivity index (χ2v) is 6.13. The highest BCUT2D eigenvalue weighted by Crippen LogP contribution is 2.11. The third-order valence-electron chi connectivity index (χ3n) is 4.23. The van der Waals surface area contributed by atoms with E-state index in [-0.39, 0.29) is 24.2 Å². The van der Waals surface area contributed by atoms with Gasteiger partial charge in [-0.2, -0.15) is 0 Å². The van der Waals surface area contributed by atoms with Gasteiger partial charge in [-0.05, 0) is 42.5 Å². The maximum Gasteiger partial charge on any atom is 0.254 e. The summed E-state index contributed by atoms with van der Waals surface area (Å²) in [7, 11) is 0. The van der Waals surface area contributed by atoms with Crippen LogP contribution in [0.1, 0.15) is 10.4 Å². The summed E-state index contributed by atoms with van der Waals surface area (Å²) in [6.07, 6.45) is 0. The van der Waals surface area contributed by atoms with E-state index in [0.717, 1.165) is 0 Å². The fourth-order valence-electron chi connectivity index (χ4n) is 2.85. The number of benzene rings is 2. The van der Waals surface area contributed by atoms with Crippen LogP contribution in [-0.4, -0.2) is 54.3 Å². The van der Waals surface area contributed by atoms with Crippen molar-refractivity contribution in [2.45, 2.75) is 0 Å². The summed E-state index contributed by atoms with van der Waals surface area (Å²) < 4.78 is 26.1. The van der Waals surface area contributed by atoms with Crippen molar-refractivity contribution in [2.24, 2.45) is 0 Å². The summed E-state index contributed by atoms with van der Waals surface area (Å²) in [5.41, 5.74) is 0.865. The standard InChI is InChI=1S/C19H19F2N3O2/c20-15-4-6-17(7-5-15)22-18(25)13-23-8-10-24(11-9-23)19(26)14-2-1-3-16(21)12-14/h1-7,12H,8-11,13H2,(H,22,25). The lowest BCUT2D eigenvalue weighted by atomic mass is 10.1. The van der Waals surface area contributed by atoms with Gasteiger partial charge in [0.25, 0.3) is 5.91 Å². The minimum Gasteiger partial charge on any atom is -0.336 e. The van der Waals surface area contributed by atoms with Crippen LogP contribution in [0.25, 0.3) is 0 Å².